The van der Waals surface area contributed by atoms with Crippen molar-refractivity contribution < 1.29 is 34.2 Å². The van der Waals surface area contributed by atoms with E-state index in [4.69, 9.17) is 15.3 Å². The van der Waals surface area contributed by atoms with Crippen LogP contribution in [0, 0.1) is 15.9 Å². The molecule has 9 heteroatoms. The number of carboxylic acid groups (broad SMARTS) is 2. The molecule has 27 heavy (non-hydrogen) atoms. The molecule has 8 nitrogen and oxygen atoms in total. The predicted molar refractivity (Wildman–Crippen MR) is 94.0 cm³/mol. The maximum atomic E-state index is 12.6. The number of aromatic carboxylic acids is 1. The van der Waals surface area contributed by atoms with Gasteiger partial charge in [0.05, 0.1) is 4.92 Å². The second-order valence-electron chi connectivity index (χ2n) is 5.12. The Morgan fingerprint density at radius 3 is 2.11 bits per heavy atom. The summed E-state index contributed by atoms with van der Waals surface area (Å²) in [5.74, 6) is -3.93. The molecule has 2 aromatic rings. The van der Waals surface area contributed by atoms with Crippen LogP contribution in [0.3, 0.4) is 0 Å². The summed E-state index contributed by atoms with van der Waals surface area (Å²) in [7, 11) is 0. The topological polar surface area (TPSA) is 138 Å². The SMILES string of the molecule is CCC(=Cc1ccc([N+](=O)[O-])cc1)C(=O)O.O=C(O)c1c(O)cccc1F. The van der Waals surface area contributed by atoms with Crippen LogP contribution >= 0.6 is 0 Å². The highest BCUT2D eigenvalue weighted by atomic mass is 19.1. The molecule has 0 aliphatic rings. The quantitative estimate of drug-likeness (QED) is 0.410. The zero-order chi connectivity index (χ0) is 20.6. The third kappa shape index (κ3) is 6.24. The smallest absolute Gasteiger partial charge is 0.342 e. The van der Waals surface area contributed by atoms with Crippen molar-refractivity contribution in [3.63, 3.8) is 0 Å². The van der Waals surface area contributed by atoms with Crippen LogP contribution in [0.4, 0.5) is 10.1 Å². The zero-order valence-electron chi connectivity index (χ0n) is 14.1. The number of phenols is 1. The Hall–Kier alpha value is -3.75. The van der Waals surface area contributed by atoms with E-state index < -0.39 is 34.0 Å². The molecule has 0 saturated carbocycles. The van der Waals surface area contributed by atoms with Crippen LogP contribution < -0.4 is 0 Å². The Labute approximate surface area is 153 Å². The van der Waals surface area contributed by atoms with Crippen LogP contribution in [0.2, 0.25) is 0 Å². The number of carbonyl (C=O) groups is 2. The van der Waals surface area contributed by atoms with Gasteiger partial charge in [-0.05, 0) is 42.3 Å². The molecule has 2 rings (SSSR count). The van der Waals surface area contributed by atoms with Gasteiger partial charge in [0, 0.05) is 17.7 Å². The lowest BCUT2D eigenvalue weighted by atomic mass is 10.1. The van der Waals surface area contributed by atoms with Crippen LogP contribution in [0.1, 0.15) is 29.3 Å². The monoisotopic (exact) mass is 377 g/mol. The van der Waals surface area contributed by atoms with Crippen molar-refractivity contribution in [3.05, 3.63) is 75.1 Å². The Balaban J connectivity index is 0.000000289. The molecule has 0 unspecified atom stereocenters. The van der Waals surface area contributed by atoms with Gasteiger partial charge in [0.25, 0.3) is 5.69 Å². The second kappa shape index (κ2) is 9.66. The Bertz CT molecular complexity index is 856. The lowest BCUT2D eigenvalue weighted by Crippen LogP contribution is -2.00. The zero-order valence-corrected chi connectivity index (χ0v) is 14.1. The predicted octanol–water partition coefficient (Wildman–Crippen LogP) is 3.70. The first-order valence-corrected chi connectivity index (χ1v) is 7.56. The maximum absolute atomic E-state index is 12.6. The van der Waals surface area contributed by atoms with Crippen LogP contribution in [0.15, 0.2) is 48.0 Å². The number of aliphatic carboxylic acids is 1. The van der Waals surface area contributed by atoms with Gasteiger partial charge in [0.2, 0.25) is 0 Å². The van der Waals surface area contributed by atoms with Gasteiger partial charge in [0.15, 0.2) is 0 Å². The second-order valence-corrected chi connectivity index (χ2v) is 5.12. The van der Waals surface area contributed by atoms with E-state index in [9.17, 15) is 24.1 Å². The van der Waals surface area contributed by atoms with Gasteiger partial charge in [-0.1, -0.05) is 13.0 Å². The first kappa shape index (κ1) is 21.3. The molecule has 0 aromatic heterocycles. The summed E-state index contributed by atoms with van der Waals surface area (Å²) in [6, 6.07) is 9.07. The first-order valence-electron chi connectivity index (χ1n) is 7.56. The molecule has 2 aromatic carbocycles. The fourth-order valence-electron chi connectivity index (χ4n) is 1.93. The van der Waals surface area contributed by atoms with E-state index in [0.29, 0.717) is 12.0 Å². The minimum absolute atomic E-state index is 0.00877. The summed E-state index contributed by atoms with van der Waals surface area (Å²) in [6.45, 7) is 1.74. The molecule has 0 heterocycles. The molecular formula is C18H16FNO7. The third-order valence-electron chi connectivity index (χ3n) is 3.31. The van der Waals surface area contributed by atoms with Gasteiger partial charge < -0.3 is 15.3 Å². The number of benzene rings is 2. The van der Waals surface area contributed by atoms with E-state index in [0.717, 1.165) is 12.1 Å². The average molecular weight is 377 g/mol. The van der Waals surface area contributed by atoms with Crippen LogP contribution in [-0.2, 0) is 4.79 Å². The molecule has 3 N–H and O–H groups in total. The minimum atomic E-state index is -1.47. The number of halogens is 1. The van der Waals surface area contributed by atoms with Crippen molar-refractivity contribution in [2.45, 2.75) is 13.3 Å². The summed E-state index contributed by atoms with van der Waals surface area (Å²) in [6.07, 6.45) is 1.92. The van der Waals surface area contributed by atoms with E-state index in [2.05, 4.69) is 0 Å². The van der Waals surface area contributed by atoms with Crippen LogP contribution in [0.5, 0.6) is 5.75 Å². The van der Waals surface area contributed by atoms with Gasteiger partial charge in [-0.25, -0.2) is 14.0 Å². The minimum Gasteiger partial charge on any atom is -0.507 e. The standard InChI is InChI=1S/C11H11NO4.C7H5FO3/c1-2-9(11(13)14)7-8-3-5-10(6-4-8)12(15)16;8-4-2-1-3-5(9)6(4)7(10)11/h3-7H,2H2,1H3,(H,13,14);1-3,9H,(H,10,11). The Kier molecular flexibility index (Phi) is 7.62. The van der Waals surface area contributed by atoms with Gasteiger partial charge in [-0.3, -0.25) is 10.1 Å². The van der Waals surface area contributed by atoms with Gasteiger partial charge >= 0.3 is 11.9 Å². The lowest BCUT2D eigenvalue weighted by molar-refractivity contribution is -0.384. The van der Waals surface area contributed by atoms with Gasteiger partial charge in [-0.15, -0.1) is 0 Å². The van der Waals surface area contributed by atoms with Crippen molar-refractivity contribution in [1.29, 1.82) is 0 Å². The Morgan fingerprint density at radius 2 is 1.74 bits per heavy atom. The number of nitro benzene ring substituents is 1. The number of carboxylic acids is 2. The summed E-state index contributed by atoms with van der Waals surface area (Å²) in [5, 5.41) is 36.4. The van der Waals surface area contributed by atoms with Crippen LogP contribution in [-0.4, -0.2) is 32.2 Å². The molecule has 0 spiro atoms. The summed E-state index contributed by atoms with van der Waals surface area (Å²) in [5.41, 5.74) is 0.219. The number of hydrogen-bond donors (Lipinski definition) is 3. The van der Waals surface area contributed by atoms with Crippen molar-refractivity contribution in [2.24, 2.45) is 0 Å². The number of hydrogen-bond acceptors (Lipinski definition) is 5. The maximum Gasteiger partial charge on any atom is 0.342 e. The highest BCUT2D eigenvalue weighted by Crippen LogP contribution is 2.19. The molecule has 0 bridgehead atoms. The molecule has 0 aliphatic carbocycles. The number of nitrogens with zero attached hydrogens (tertiary/aromatic N) is 1. The molecule has 142 valence electrons. The van der Waals surface area contributed by atoms with Crippen molar-refractivity contribution in [2.75, 3.05) is 0 Å². The lowest BCUT2D eigenvalue weighted by Gasteiger charge is -1.98. The highest BCUT2D eigenvalue weighted by molar-refractivity contribution is 5.92. The summed E-state index contributed by atoms with van der Waals surface area (Å²) < 4.78 is 12.6. The van der Waals surface area contributed by atoms with E-state index in [-0.39, 0.29) is 11.3 Å². The van der Waals surface area contributed by atoms with Gasteiger partial charge in [0.1, 0.15) is 17.1 Å². The van der Waals surface area contributed by atoms with E-state index in [1.807, 2.05) is 0 Å². The van der Waals surface area contributed by atoms with E-state index in [1.165, 1.54) is 36.4 Å². The molecule has 0 aliphatic heterocycles. The molecule has 0 fully saturated rings. The van der Waals surface area contributed by atoms with Gasteiger partial charge in [-0.2, -0.15) is 0 Å². The largest absolute Gasteiger partial charge is 0.507 e. The fourth-order valence-corrected chi connectivity index (χ4v) is 1.93. The number of rotatable bonds is 5. The molecule has 0 atom stereocenters. The Morgan fingerprint density at radius 1 is 1.15 bits per heavy atom. The summed E-state index contributed by atoms with van der Waals surface area (Å²) in [4.78, 5) is 30.9. The third-order valence-corrected chi connectivity index (χ3v) is 3.31. The molecule has 0 amide bonds. The average Bonchev–Trinajstić information content (AvgIpc) is 2.60. The number of non-ortho nitro benzene ring substituents is 1. The molecular weight excluding hydrogens is 361 g/mol. The van der Waals surface area contributed by atoms with E-state index >= 15 is 0 Å². The van der Waals surface area contributed by atoms with Crippen molar-refractivity contribution in [1.82, 2.24) is 0 Å². The number of nitro groups is 1. The first-order chi connectivity index (χ1) is 12.7. The molecule has 0 saturated heterocycles. The molecule has 0 radical (unpaired) electrons. The normalized spacial score (nSPS) is 10.5. The van der Waals surface area contributed by atoms with Crippen molar-refractivity contribution in [3.8, 4) is 5.75 Å². The highest BCUT2D eigenvalue weighted by Gasteiger charge is 2.14. The number of aromatic hydroxyl groups is 1. The van der Waals surface area contributed by atoms with Crippen LogP contribution in [0.25, 0.3) is 6.08 Å². The van der Waals surface area contributed by atoms with E-state index in [1.54, 1.807) is 6.92 Å². The summed E-state index contributed by atoms with van der Waals surface area (Å²) >= 11 is 0. The van der Waals surface area contributed by atoms with Crippen molar-refractivity contribution >= 4 is 23.7 Å². The fraction of sp³-hybridized carbons (Fsp3) is 0.111.